The molecule has 0 bridgehead atoms. The molecular weight excluding hydrogens is 426 g/mol. The number of hydrogen-bond donors (Lipinski definition) is 1. The first kappa shape index (κ1) is 24.3. The van der Waals surface area contributed by atoms with Crippen molar-refractivity contribution in [3.05, 3.63) is 107 Å². The molecule has 1 atom stereocenters. The predicted molar refractivity (Wildman–Crippen MR) is 133 cm³/mol. The van der Waals surface area contributed by atoms with Crippen LogP contribution in [0.2, 0.25) is 0 Å². The van der Waals surface area contributed by atoms with E-state index in [0.717, 1.165) is 16.8 Å². The molecule has 1 unspecified atom stereocenters. The summed E-state index contributed by atoms with van der Waals surface area (Å²) < 4.78 is 5.32. The third kappa shape index (κ3) is 6.33. The van der Waals surface area contributed by atoms with Gasteiger partial charge in [-0.3, -0.25) is 4.79 Å². The second-order valence-electron chi connectivity index (χ2n) is 7.97. The Balaban J connectivity index is 1.71. The molecule has 0 aromatic heterocycles. The van der Waals surface area contributed by atoms with Crippen molar-refractivity contribution in [3.63, 3.8) is 0 Å². The van der Waals surface area contributed by atoms with E-state index in [1.807, 2.05) is 97.9 Å². The number of carbonyl (C=O) groups excluding carboxylic acids is 2. The largest absolute Gasteiger partial charge is 0.448 e. The number of nitriles is 1. The van der Waals surface area contributed by atoms with E-state index in [0.29, 0.717) is 5.56 Å². The molecule has 1 N–H and O–H groups in total. The molecule has 0 heterocycles. The first-order valence-electron chi connectivity index (χ1n) is 10.9. The van der Waals surface area contributed by atoms with Gasteiger partial charge in [-0.15, -0.1) is 0 Å². The molecule has 0 fully saturated rings. The molecule has 172 valence electrons. The maximum absolute atomic E-state index is 12.9. The zero-order valence-electron chi connectivity index (χ0n) is 19.4. The third-order valence-electron chi connectivity index (χ3n) is 5.27. The summed E-state index contributed by atoms with van der Waals surface area (Å²) >= 11 is 0. The SMILES string of the molecule is CC(OC(=O)/C(C#N)=C/c1ccc(N(C)C)cc1)C(=O)NC(c1ccccc1)c1ccccc1. The summed E-state index contributed by atoms with van der Waals surface area (Å²) in [5.74, 6) is -1.31. The minimum atomic E-state index is -1.09. The minimum absolute atomic E-state index is 0.181. The van der Waals surface area contributed by atoms with Gasteiger partial charge < -0.3 is 15.0 Å². The van der Waals surface area contributed by atoms with E-state index in [1.165, 1.54) is 13.0 Å². The van der Waals surface area contributed by atoms with E-state index >= 15 is 0 Å². The van der Waals surface area contributed by atoms with Crippen molar-refractivity contribution in [3.8, 4) is 6.07 Å². The number of nitrogens with one attached hydrogen (secondary N) is 1. The summed E-state index contributed by atoms with van der Waals surface area (Å²) in [6, 6.07) is 27.9. The van der Waals surface area contributed by atoms with Crippen LogP contribution in [0.5, 0.6) is 0 Å². The zero-order valence-corrected chi connectivity index (χ0v) is 19.4. The lowest BCUT2D eigenvalue weighted by Crippen LogP contribution is -2.38. The topological polar surface area (TPSA) is 82.4 Å². The lowest BCUT2D eigenvalue weighted by molar-refractivity contribution is -0.150. The second-order valence-corrected chi connectivity index (χ2v) is 7.97. The van der Waals surface area contributed by atoms with E-state index in [9.17, 15) is 14.9 Å². The van der Waals surface area contributed by atoms with Crippen molar-refractivity contribution < 1.29 is 14.3 Å². The highest BCUT2D eigenvalue weighted by atomic mass is 16.5. The summed E-state index contributed by atoms with van der Waals surface area (Å²) in [6.07, 6.45) is 0.360. The lowest BCUT2D eigenvalue weighted by atomic mass is 9.98. The van der Waals surface area contributed by atoms with E-state index in [4.69, 9.17) is 4.74 Å². The van der Waals surface area contributed by atoms with Crippen LogP contribution in [0.15, 0.2) is 90.5 Å². The quantitative estimate of drug-likeness (QED) is 0.309. The van der Waals surface area contributed by atoms with Crippen molar-refractivity contribution in [1.82, 2.24) is 5.32 Å². The number of nitrogens with zero attached hydrogens (tertiary/aromatic N) is 2. The minimum Gasteiger partial charge on any atom is -0.448 e. The summed E-state index contributed by atoms with van der Waals surface area (Å²) in [5, 5.41) is 12.4. The molecule has 0 saturated heterocycles. The van der Waals surface area contributed by atoms with Gasteiger partial charge in [-0.1, -0.05) is 72.8 Å². The Morgan fingerprint density at radius 2 is 1.44 bits per heavy atom. The highest BCUT2D eigenvalue weighted by Crippen LogP contribution is 2.22. The van der Waals surface area contributed by atoms with Crippen molar-refractivity contribution in [1.29, 1.82) is 5.26 Å². The van der Waals surface area contributed by atoms with Gasteiger partial charge in [0.05, 0.1) is 6.04 Å². The summed E-state index contributed by atoms with van der Waals surface area (Å²) in [4.78, 5) is 27.5. The summed E-state index contributed by atoms with van der Waals surface area (Å²) in [5.41, 5.74) is 3.30. The average Bonchev–Trinajstić information content (AvgIpc) is 2.86. The van der Waals surface area contributed by atoms with Gasteiger partial charge in [0.25, 0.3) is 5.91 Å². The van der Waals surface area contributed by atoms with Crippen LogP contribution in [-0.4, -0.2) is 32.1 Å². The predicted octanol–water partition coefficient (Wildman–Crippen LogP) is 4.50. The lowest BCUT2D eigenvalue weighted by Gasteiger charge is -2.22. The van der Waals surface area contributed by atoms with Crippen molar-refractivity contribution in [2.75, 3.05) is 19.0 Å². The van der Waals surface area contributed by atoms with E-state index in [-0.39, 0.29) is 5.57 Å². The number of anilines is 1. The van der Waals surface area contributed by atoms with Crippen LogP contribution in [0.1, 0.15) is 29.7 Å². The van der Waals surface area contributed by atoms with E-state index < -0.39 is 24.0 Å². The molecule has 3 aromatic rings. The van der Waals surface area contributed by atoms with Crippen LogP contribution in [0.3, 0.4) is 0 Å². The summed E-state index contributed by atoms with van der Waals surface area (Å²) in [6.45, 7) is 1.49. The Morgan fingerprint density at radius 3 is 1.91 bits per heavy atom. The van der Waals surface area contributed by atoms with Gasteiger partial charge in [0.2, 0.25) is 0 Å². The van der Waals surface area contributed by atoms with Crippen LogP contribution < -0.4 is 10.2 Å². The fraction of sp³-hybridized carbons (Fsp3) is 0.179. The van der Waals surface area contributed by atoms with Gasteiger partial charge in [0.15, 0.2) is 6.10 Å². The Bertz CT molecular complexity index is 1140. The molecule has 3 rings (SSSR count). The standard InChI is InChI=1S/C28H27N3O3/c1-20(34-28(33)24(19-29)18-21-14-16-25(17-15-21)31(2)3)27(32)30-26(22-10-6-4-7-11-22)23-12-8-5-9-13-23/h4-18,20,26H,1-3H3,(H,30,32)/b24-18+. The Hall–Kier alpha value is -4.37. The number of esters is 1. The normalized spacial score (nSPS) is 11.9. The molecule has 34 heavy (non-hydrogen) atoms. The number of carbonyl (C=O) groups is 2. The molecule has 0 saturated carbocycles. The Kier molecular flexibility index (Phi) is 8.20. The van der Waals surface area contributed by atoms with Gasteiger partial charge in [0, 0.05) is 19.8 Å². The molecule has 0 aliphatic heterocycles. The zero-order chi connectivity index (χ0) is 24.5. The second kappa shape index (κ2) is 11.5. The van der Waals surface area contributed by atoms with Gasteiger partial charge in [-0.05, 0) is 41.8 Å². The van der Waals surface area contributed by atoms with Crippen LogP contribution in [0.25, 0.3) is 6.08 Å². The highest BCUT2D eigenvalue weighted by Gasteiger charge is 2.24. The molecule has 3 aromatic carbocycles. The Morgan fingerprint density at radius 1 is 0.912 bits per heavy atom. The first-order chi connectivity index (χ1) is 16.4. The number of rotatable bonds is 8. The Labute approximate surface area is 200 Å². The number of benzene rings is 3. The van der Waals surface area contributed by atoms with Gasteiger partial charge in [0.1, 0.15) is 11.6 Å². The first-order valence-corrected chi connectivity index (χ1v) is 10.9. The number of ether oxygens (including phenoxy) is 1. The van der Waals surface area contributed by atoms with Crippen LogP contribution in [-0.2, 0) is 14.3 Å². The smallest absolute Gasteiger partial charge is 0.349 e. The average molecular weight is 454 g/mol. The molecule has 0 radical (unpaired) electrons. The van der Waals surface area contributed by atoms with Crippen LogP contribution in [0, 0.1) is 11.3 Å². The van der Waals surface area contributed by atoms with Gasteiger partial charge in [-0.25, -0.2) is 4.79 Å². The molecule has 0 spiro atoms. The molecule has 1 amide bonds. The van der Waals surface area contributed by atoms with Crippen LogP contribution >= 0.6 is 0 Å². The van der Waals surface area contributed by atoms with Crippen molar-refractivity contribution in [2.45, 2.75) is 19.1 Å². The van der Waals surface area contributed by atoms with Crippen molar-refractivity contribution >= 4 is 23.6 Å². The molecule has 6 nitrogen and oxygen atoms in total. The number of amides is 1. The van der Waals surface area contributed by atoms with Gasteiger partial charge >= 0.3 is 5.97 Å². The van der Waals surface area contributed by atoms with E-state index in [2.05, 4.69) is 5.32 Å². The van der Waals surface area contributed by atoms with E-state index in [1.54, 1.807) is 12.1 Å². The molecule has 0 aliphatic carbocycles. The highest BCUT2D eigenvalue weighted by molar-refractivity contribution is 5.99. The fourth-order valence-electron chi connectivity index (χ4n) is 3.36. The number of hydrogen-bond acceptors (Lipinski definition) is 5. The van der Waals surface area contributed by atoms with Crippen LogP contribution in [0.4, 0.5) is 5.69 Å². The van der Waals surface area contributed by atoms with Gasteiger partial charge in [-0.2, -0.15) is 5.26 Å². The third-order valence-corrected chi connectivity index (χ3v) is 5.27. The van der Waals surface area contributed by atoms with Crippen molar-refractivity contribution in [2.24, 2.45) is 0 Å². The monoisotopic (exact) mass is 453 g/mol. The molecule has 0 aliphatic rings. The maximum atomic E-state index is 12.9. The fourth-order valence-corrected chi connectivity index (χ4v) is 3.36. The summed E-state index contributed by atoms with van der Waals surface area (Å²) in [7, 11) is 3.85. The maximum Gasteiger partial charge on any atom is 0.349 e. The molecule has 6 heteroatoms. The molecular formula is C28H27N3O3.